The Labute approximate surface area is 146 Å². The maximum absolute atomic E-state index is 13.6. The molecule has 2 aromatic rings. The summed E-state index contributed by atoms with van der Waals surface area (Å²) in [5, 5.41) is 2.75. The maximum atomic E-state index is 13.6. The Morgan fingerprint density at radius 3 is 2.68 bits per heavy atom. The van der Waals surface area contributed by atoms with Gasteiger partial charge in [0.15, 0.2) is 0 Å². The minimum Gasteiger partial charge on any atom is -0.494 e. The van der Waals surface area contributed by atoms with E-state index in [2.05, 4.69) is 16.2 Å². The Kier molecular flexibility index (Phi) is 5.31. The fraction of sp³-hybridized carbons (Fsp3) is 0.316. The summed E-state index contributed by atoms with van der Waals surface area (Å²) in [7, 11) is 0. The molecule has 1 aliphatic heterocycles. The van der Waals surface area contributed by atoms with Gasteiger partial charge in [-0.05, 0) is 55.7 Å². The molecule has 1 amide bonds. The molecule has 3 N–H and O–H groups in total. The average molecular weight is 343 g/mol. The van der Waals surface area contributed by atoms with E-state index in [0.717, 1.165) is 11.3 Å². The second-order valence-electron chi connectivity index (χ2n) is 6.08. The molecule has 0 spiro atoms. The highest BCUT2D eigenvalue weighted by molar-refractivity contribution is 5.95. The predicted molar refractivity (Wildman–Crippen MR) is 94.8 cm³/mol. The van der Waals surface area contributed by atoms with Crippen LogP contribution in [0.25, 0.3) is 0 Å². The molecule has 0 aliphatic carbocycles. The van der Waals surface area contributed by atoms with Crippen molar-refractivity contribution in [2.45, 2.75) is 32.4 Å². The molecule has 0 bridgehead atoms. The number of carbonyl (C=O) groups is 1. The first-order chi connectivity index (χ1) is 12.1. The molecular weight excluding hydrogens is 321 g/mol. The van der Waals surface area contributed by atoms with Gasteiger partial charge in [0.2, 0.25) is 5.91 Å². The third-order valence-electron chi connectivity index (χ3n) is 4.25. The third-order valence-corrected chi connectivity index (χ3v) is 4.25. The minimum atomic E-state index is -0.388. The van der Waals surface area contributed by atoms with Crippen LogP contribution < -0.4 is 20.9 Å². The molecule has 0 radical (unpaired) electrons. The number of hydrogen-bond acceptors (Lipinski definition) is 4. The monoisotopic (exact) mass is 343 g/mol. The van der Waals surface area contributed by atoms with Gasteiger partial charge in [-0.15, -0.1) is 0 Å². The summed E-state index contributed by atoms with van der Waals surface area (Å²) in [6, 6.07) is 12.1. The van der Waals surface area contributed by atoms with Gasteiger partial charge in [0.05, 0.1) is 6.61 Å². The van der Waals surface area contributed by atoms with Crippen molar-refractivity contribution in [1.82, 2.24) is 10.9 Å². The van der Waals surface area contributed by atoms with Crippen molar-refractivity contribution in [3.8, 4) is 5.75 Å². The first-order valence-electron chi connectivity index (χ1n) is 8.37. The summed E-state index contributed by atoms with van der Waals surface area (Å²) in [6.45, 7) is 4.26. The zero-order valence-electron chi connectivity index (χ0n) is 14.3. The van der Waals surface area contributed by atoms with Crippen molar-refractivity contribution in [3.63, 3.8) is 0 Å². The molecule has 2 aromatic carbocycles. The maximum Gasteiger partial charge on any atom is 0.242 e. The van der Waals surface area contributed by atoms with Gasteiger partial charge in [-0.25, -0.2) is 15.2 Å². The summed E-state index contributed by atoms with van der Waals surface area (Å²) in [4.78, 5) is 12.4. The van der Waals surface area contributed by atoms with E-state index in [0.29, 0.717) is 24.3 Å². The van der Waals surface area contributed by atoms with Gasteiger partial charge in [-0.3, -0.25) is 4.79 Å². The highest BCUT2D eigenvalue weighted by Gasteiger charge is 2.30. The van der Waals surface area contributed by atoms with Crippen LogP contribution in [0.2, 0.25) is 0 Å². The quantitative estimate of drug-likeness (QED) is 0.781. The fourth-order valence-electron chi connectivity index (χ4n) is 2.81. The van der Waals surface area contributed by atoms with Crippen molar-refractivity contribution in [1.29, 1.82) is 0 Å². The lowest BCUT2D eigenvalue weighted by Gasteiger charge is -2.12. The Hall–Kier alpha value is -2.44. The number of halogens is 1. The predicted octanol–water partition coefficient (Wildman–Crippen LogP) is 3.08. The smallest absolute Gasteiger partial charge is 0.242 e. The lowest BCUT2D eigenvalue weighted by Crippen LogP contribution is -2.39. The topological polar surface area (TPSA) is 62.4 Å². The molecule has 1 fully saturated rings. The Morgan fingerprint density at radius 2 is 2.00 bits per heavy atom. The average Bonchev–Trinajstić information content (AvgIpc) is 3.09. The molecular formula is C19H22FN3O2. The van der Waals surface area contributed by atoms with Crippen LogP contribution in [0.3, 0.4) is 0 Å². The number of carbonyl (C=O) groups excluding carboxylic acids is 1. The second kappa shape index (κ2) is 7.63. The highest BCUT2D eigenvalue weighted by atomic mass is 19.1. The number of nitrogens with one attached hydrogen (secondary N) is 3. The van der Waals surface area contributed by atoms with Gasteiger partial charge in [-0.1, -0.05) is 18.2 Å². The van der Waals surface area contributed by atoms with Crippen LogP contribution >= 0.6 is 0 Å². The molecule has 1 aliphatic rings. The number of benzene rings is 2. The van der Waals surface area contributed by atoms with Gasteiger partial charge < -0.3 is 10.1 Å². The van der Waals surface area contributed by atoms with E-state index in [1.807, 2.05) is 31.2 Å². The van der Waals surface area contributed by atoms with E-state index < -0.39 is 0 Å². The van der Waals surface area contributed by atoms with E-state index in [1.165, 1.54) is 6.07 Å². The van der Waals surface area contributed by atoms with E-state index >= 15 is 0 Å². The van der Waals surface area contributed by atoms with Crippen LogP contribution in [0.5, 0.6) is 5.75 Å². The Bertz CT molecular complexity index is 749. The number of ether oxygens (including phenoxy) is 1. The van der Waals surface area contributed by atoms with Gasteiger partial charge in [-0.2, -0.15) is 0 Å². The molecule has 6 heteroatoms. The molecule has 5 nitrogen and oxygen atoms in total. The van der Waals surface area contributed by atoms with E-state index in [1.54, 1.807) is 19.1 Å². The zero-order chi connectivity index (χ0) is 17.8. The first kappa shape index (κ1) is 17.4. The van der Waals surface area contributed by atoms with Crippen LogP contribution in [-0.2, 0) is 4.79 Å². The highest BCUT2D eigenvalue weighted by Crippen LogP contribution is 2.25. The summed E-state index contributed by atoms with van der Waals surface area (Å²) in [6.07, 6.45) is 0.605. The van der Waals surface area contributed by atoms with E-state index in [-0.39, 0.29) is 23.8 Å². The summed E-state index contributed by atoms with van der Waals surface area (Å²) in [5.41, 5.74) is 8.22. The Morgan fingerprint density at radius 1 is 1.24 bits per heavy atom. The van der Waals surface area contributed by atoms with Crippen LogP contribution in [0.1, 0.15) is 30.5 Å². The number of hydrogen-bond donors (Lipinski definition) is 3. The lowest BCUT2D eigenvalue weighted by atomic mass is 10.0. The molecule has 0 aromatic heterocycles. The number of aryl methyl sites for hydroxylation is 1. The molecule has 0 saturated carbocycles. The van der Waals surface area contributed by atoms with Crippen LogP contribution in [0, 0.1) is 12.7 Å². The summed E-state index contributed by atoms with van der Waals surface area (Å²) in [5.74, 6) is 0.305. The minimum absolute atomic E-state index is 0.0289. The van der Waals surface area contributed by atoms with E-state index in [9.17, 15) is 9.18 Å². The van der Waals surface area contributed by atoms with Crippen LogP contribution in [0.4, 0.5) is 10.1 Å². The fourth-order valence-corrected chi connectivity index (χ4v) is 2.81. The summed E-state index contributed by atoms with van der Waals surface area (Å²) >= 11 is 0. The standard InChI is InChI=1S/C19H22FN3O2/c1-3-25-15-8-5-13(6-9-15)17-11-18(23-22-17)19(24)21-14-7-4-12(2)16(20)10-14/h4-10,17-18,22-23H,3,11H2,1-2H3,(H,21,24). The van der Waals surface area contributed by atoms with Crippen molar-refractivity contribution in [2.24, 2.45) is 0 Å². The van der Waals surface area contributed by atoms with Crippen molar-refractivity contribution in [2.75, 3.05) is 11.9 Å². The molecule has 25 heavy (non-hydrogen) atoms. The normalized spacial score (nSPS) is 19.6. The van der Waals surface area contributed by atoms with Gasteiger partial charge in [0.1, 0.15) is 17.6 Å². The molecule has 1 heterocycles. The number of rotatable bonds is 5. The largest absolute Gasteiger partial charge is 0.494 e. The van der Waals surface area contributed by atoms with Crippen LogP contribution in [0.15, 0.2) is 42.5 Å². The number of amides is 1. The molecule has 3 rings (SSSR count). The van der Waals surface area contributed by atoms with Gasteiger partial charge >= 0.3 is 0 Å². The van der Waals surface area contributed by atoms with Crippen molar-refractivity contribution in [3.05, 3.63) is 59.4 Å². The molecule has 2 atom stereocenters. The molecule has 132 valence electrons. The summed E-state index contributed by atoms with van der Waals surface area (Å²) < 4.78 is 19.0. The zero-order valence-corrected chi connectivity index (χ0v) is 14.3. The van der Waals surface area contributed by atoms with Crippen molar-refractivity contribution < 1.29 is 13.9 Å². The van der Waals surface area contributed by atoms with Crippen LogP contribution in [-0.4, -0.2) is 18.6 Å². The third kappa shape index (κ3) is 4.15. The van der Waals surface area contributed by atoms with E-state index in [4.69, 9.17) is 4.74 Å². The van der Waals surface area contributed by atoms with Crippen molar-refractivity contribution >= 4 is 11.6 Å². The van der Waals surface area contributed by atoms with Gasteiger partial charge in [0, 0.05) is 11.7 Å². The Balaban J connectivity index is 1.59. The van der Waals surface area contributed by atoms with Gasteiger partial charge in [0.25, 0.3) is 0 Å². The number of hydrazine groups is 1. The molecule has 2 unspecified atom stereocenters. The molecule has 1 saturated heterocycles. The lowest BCUT2D eigenvalue weighted by molar-refractivity contribution is -0.117. The second-order valence-corrected chi connectivity index (χ2v) is 6.08. The SMILES string of the molecule is CCOc1ccc(C2CC(C(=O)Nc3ccc(C)c(F)c3)NN2)cc1. The number of anilines is 1. The first-order valence-corrected chi connectivity index (χ1v) is 8.37.